The van der Waals surface area contributed by atoms with E-state index in [0.717, 1.165) is 45.3 Å². The van der Waals surface area contributed by atoms with Gasteiger partial charge in [-0.05, 0) is 60.0 Å². The number of primary amides is 1. The van der Waals surface area contributed by atoms with Crippen molar-refractivity contribution in [2.75, 3.05) is 6.54 Å². The van der Waals surface area contributed by atoms with Crippen LogP contribution >= 0.6 is 68.0 Å². The Bertz CT molecular complexity index is 4470. The van der Waals surface area contributed by atoms with Crippen LogP contribution in [-0.2, 0) is 17.9 Å². The number of nitrogens with two attached hydrogens (primary N) is 1. The Morgan fingerprint density at radius 3 is 1.91 bits per heavy atom. The summed E-state index contributed by atoms with van der Waals surface area (Å²) >= 11 is 6.68. The van der Waals surface area contributed by atoms with Crippen LogP contribution in [0.1, 0.15) is 137 Å². The number of carbonyl (C=O) groups excluding carboxylic acids is 6. The fourth-order valence-electron chi connectivity index (χ4n) is 10.3. The zero-order valence-electron chi connectivity index (χ0n) is 47.9. The number of aromatic nitrogens is 7. The lowest BCUT2D eigenvalue weighted by Crippen LogP contribution is -2.43. The molecule has 0 aliphatic carbocycles. The molecule has 2 aliphatic rings. The molecule has 0 saturated carbocycles. The zero-order chi connectivity index (χ0) is 64.6. The number of urea groups is 1. The number of amides is 7. The van der Waals surface area contributed by atoms with Crippen molar-refractivity contribution in [2.45, 2.75) is 63.7 Å². The largest absolute Gasteiger partial charge is 0.478 e. The Balaban J connectivity index is 0.912. The number of aryl methyl sites for hydroxylation is 1. The van der Waals surface area contributed by atoms with Gasteiger partial charge in [0, 0.05) is 62.9 Å². The van der Waals surface area contributed by atoms with E-state index in [1.165, 1.54) is 67.5 Å². The van der Waals surface area contributed by atoms with E-state index in [1.54, 1.807) is 96.7 Å². The molecule has 9 heterocycles. The van der Waals surface area contributed by atoms with E-state index in [0.29, 0.717) is 64.2 Å². The molecule has 31 heteroatoms. The summed E-state index contributed by atoms with van der Waals surface area (Å²) in [6.07, 6.45) is -2.84. The van der Waals surface area contributed by atoms with Crippen LogP contribution in [0.2, 0.25) is 0 Å². The van der Waals surface area contributed by atoms with Crippen molar-refractivity contribution in [2.24, 2.45) is 11.7 Å². The number of fused-ring (bicyclic) bond motifs is 16. The monoisotopic (exact) mass is 1350 g/mol. The van der Waals surface area contributed by atoms with Crippen LogP contribution in [0.25, 0.3) is 43.4 Å². The maximum Gasteiger partial charge on any atom is 0.335 e. The number of hydrogen-bond acceptors (Lipinski definition) is 23. The van der Waals surface area contributed by atoms with Crippen molar-refractivity contribution < 1.29 is 58.8 Å². The molecule has 0 unspecified atom stereocenters. The quantitative estimate of drug-likeness (QED) is 0.0566. The maximum atomic E-state index is 14.6. The van der Waals surface area contributed by atoms with Gasteiger partial charge in [0.15, 0.2) is 0 Å². The van der Waals surface area contributed by atoms with Crippen LogP contribution < -0.4 is 21.7 Å². The van der Waals surface area contributed by atoms with Gasteiger partial charge in [-0.1, -0.05) is 61.5 Å². The number of nitrogens with zero attached hydrogens (tertiary/aromatic N) is 9. The van der Waals surface area contributed by atoms with Crippen molar-refractivity contribution in [3.8, 4) is 43.4 Å². The number of pyridine rings is 1. The molecule has 2 aliphatic heterocycles. The molecule has 466 valence electrons. The van der Waals surface area contributed by atoms with Crippen LogP contribution in [0.5, 0.6) is 0 Å². The van der Waals surface area contributed by atoms with Crippen molar-refractivity contribution >= 4 is 116 Å². The predicted molar refractivity (Wildman–Crippen MR) is 341 cm³/mol. The highest BCUT2D eigenvalue weighted by Gasteiger charge is 2.44. The Kier molecular flexibility index (Phi) is 17.8. The smallest absolute Gasteiger partial charge is 0.335 e. The molecule has 1 saturated heterocycles. The minimum atomic E-state index is -1.41. The van der Waals surface area contributed by atoms with Crippen molar-refractivity contribution in [3.05, 3.63) is 188 Å². The number of carboxylic acids is 2. The molecule has 12 rings (SSSR count). The van der Waals surface area contributed by atoms with E-state index in [9.17, 15) is 58.8 Å². The molecule has 1 fully saturated rings. The number of benzene rings is 3. The number of carbonyl (C=O) groups is 8. The number of imide groups is 1. The molecule has 9 N–H and O–H groups in total. The van der Waals surface area contributed by atoms with Crippen LogP contribution in [0.15, 0.2) is 118 Å². The van der Waals surface area contributed by atoms with E-state index in [4.69, 9.17) is 30.7 Å². The van der Waals surface area contributed by atoms with Crippen molar-refractivity contribution in [3.63, 3.8) is 0 Å². The summed E-state index contributed by atoms with van der Waals surface area (Å²) in [5, 5.41) is 60.0. The van der Waals surface area contributed by atoms with Crippen molar-refractivity contribution in [1.82, 2.24) is 60.6 Å². The topological polar surface area (TPSA) is 376 Å². The number of aliphatic hydroxyl groups is 2. The minimum Gasteiger partial charge on any atom is -0.478 e. The molecule has 0 spiro atoms. The minimum absolute atomic E-state index is 0.0350. The SMILES string of the molecule is Cc1sc2nc1C(=O)N[C@@H]([C@H](O)c1ccccc1)c1nc(cs1)C(=O)NC(=O)N1C[C@H](O)[C@H](C)[C@H]1c1nc(cs1)-c1nc(cs1)-c1nc(-c3nc(C(=O)N(Cc4ccc(C(=O)O)cc4)Cc4ccc(C(=O)O)cc4)cs3)ccc1-c1nc(cs1)C(=O)N[C@H]2CC(N)=O. The molecule has 92 heavy (non-hydrogen) atoms. The third-order valence-electron chi connectivity index (χ3n) is 15.1. The summed E-state index contributed by atoms with van der Waals surface area (Å²) in [5.74, 6) is -6.43. The summed E-state index contributed by atoms with van der Waals surface area (Å²) in [4.78, 5) is 144. The summed E-state index contributed by atoms with van der Waals surface area (Å²) in [6, 6.07) is 19.9. The van der Waals surface area contributed by atoms with Crippen LogP contribution in [0.4, 0.5) is 4.79 Å². The Labute approximate surface area is 545 Å². The normalized spacial score (nSPS) is 17.9. The first-order chi connectivity index (χ1) is 44.2. The lowest BCUT2D eigenvalue weighted by molar-refractivity contribution is -0.118. The first-order valence-corrected chi connectivity index (χ1v) is 33.1. The Morgan fingerprint density at radius 1 is 0.630 bits per heavy atom. The van der Waals surface area contributed by atoms with E-state index in [2.05, 4.69) is 25.9 Å². The van der Waals surface area contributed by atoms with Gasteiger partial charge in [-0.2, -0.15) is 0 Å². The molecule has 3 aromatic carbocycles. The van der Waals surface area contributed by atoms with E-state index in [1.807, 2.05) is 0 Å². The second-order valence-electron chi connectivity index (χ2n) is 21.3. The summed E-state index contributed by atoms with van der Waals surface area (Å²) in [6.45, 7) is 3.31. The van der Waals surface area contributed by atoms with Gasteiger partial charge in [0.1, 0.15) is 82.0 Å². The van der Waals surface area contributed by atoms with E-state index >= 15 is 0 Å². The third-order valence-corrected chi connectivity index (χ3v) is 20.6. The van der Waals surface area contributed by atoms with Gasteiger partial charge in [0.05, 0.1) is 41.4 Å². The highest BCUT2D eigenvalue weighted by molar-refractivity contribution is 7.15. The summed E-state index contributed by atoms with van der Waals surface area (Å²) in [5.41, 5.74) is 9.01. The van der Waals surface area contributed by atoms with Crippen LogP contribution in [0, 0.1) is 12.8 Å². The number of aliphatic hydroxyl groups excluding tert-OH is 2. The Hall–Kier alpha value is -9.73. The number of hydrogen-bond donors (Lipinski definition) is 8. The zero-order valence-corrected chi connectivity index (χ0v) is 52.8. The maximum absolute atomic E-state index is 14.6. The molecule has 7 aromatic heterocycles. The second kappa shape index (κ2) is 26.2. The Morgan fingerprint density at radius 2 is 1.23 bits per heavy atom. The molecular weight excluding hydrogens is 1300 g/mol. The van der Waals surface area contributed by atoms with Gasteiger partial charge >= 0.3 is 18.0 Å². The lowest BCUT2D eigenvalue weighted by atomic mass is 10.0. The molecule has 25 nitrogen and oxygen atoms in total. The molecule has 0 radical (unpaired) electrons. The molecular formula is C61H49N13O12S6. The first-order valence-electron chi connectivity index (χ1n) is 27.9. The summed E-state index contributed by atoms with van der Waals surface area (Å²) in [7, 11) is 0. The van der Waals surface area contributed by atoms with Gasteiger partial charge in [0.2, 0.25) is 5.91 Å². The van der Waals surface area contributed by atoms with Gasteiger partial charge in [-0.15, -0.1) is 68.0 Å². The fraction of sp³-hybridized carbons (Fsp3) is 0.197. The average Bonchev–Trinajstić information content (AvgIpc) is 1.78. The highest BCUT2D eigenvalue weighted by atomic mass is 32.1. The predicted octanol–water partition coefficient (Wildman–Crippen LogP) is 8.80. The highest BCUT2D eigenvalue weighted by Crippen LogP contribution is 2.43. The van der Waals surface area contributed by atoms with Gasteiger partial charge in [0.25, 0.3) is 23.6 Å². The number of carboxylic acid groups (broad SMARTS) is 2. The number of rotatable bonds is 12. The van der Waals surface area contributed by atoms with E-state index in [-0.39, 0.29) is 69.2 Å². The number of aromatic carboxylic acids is 2. The third kappa shape index (κ3) is 13.1. The lowest BCUT2D eigenvalue weighted by Gasteiger charge is -2.24. The number of thiazole rings is 6. The second-order valence-corrected chi connectivity index (χ2v) is 26.8. The van der Waals surface area contributed by atoms with Crippen LogP contribution in [-0.4, -0.2) is 125 Å². The first kappa shape index (κ1) is 62.5. The summed E-state index contributed by atoms with van der Waals surface area (Å²) < 4.78 is 0. The number of nitrogens with one attached hydrogen (secondary N) is 3. The molecule has 10 aromatic rings. The average molecular weight is 1350 g/mol. The molecule has 10 bridgehead atoms. The fourth-order valence-corrected chi connectivity index (χ4v) is 15.6. The molecule has 6 atom stereocenters. The van der Waals surface area contributed by atoms with Crippen molar-refractivity contribution in [1.29, 1.82) is 0 Å². The van der Waals surface area contributed by atoms with Gasteiger partial charge in [-0.3, -0.25) is 29.3 Å². The van der Waals surface area contributed by atoms with Gasteiger partial charge < -0.3 is 46.6 Å². The molecule has 7 amide bonds. The standard InChI is InChI=1S/C61H49N13O12S6/c1-27-42(75)21-74-47(27)57-68-40(25-91-57)54-65-37(22-88-54)45-34(16-17-35(63-45)53-69-41(26-89-53)58(81)73(19-29-8-12-32(13-9-29)59(82)83)20-30-10-14-33(15-11-30)60(84)85)52-66-38(23-87-52)49(78)64-36(18-43(62)76)55-71-44(28(2)92-55)51(80)70-46(48(77)31-6-4-3-5-7-31)56-67-39(24-90-56)50(79)72-61(74)86/h3-17,22-27,36,42,46-48,75,77H,18-21H2,1-2H3,(H2,62,76)(H,64,78)(H,70,80)(H,82,83)(H,84,85)(H,72,79,86)/t27-,36-,42-,46-,47-,48+/m0/s1. The van der Waals surface area contributed by atoms with Crippen LogP contribution in [0.3, 0.4) is 0 Å². The van der Waals surface area contributed by atoms with E-state index < -0.39 is 90.2 Å². The van der Waals surface area contributed by atoms with Gasteiger partial charge in [-0.25, -0.2) is 49.3 Å².